The Morgan fingerprint density at radius 1 is 1.44 bits per heavy atom. The average Bonchev–Trinajstić information content (AvgIpc) is 2.65. The second-order valence-corrected chi connectivity index (χ2v) is 6.75. The molecule has 0 bridgehead atoms. The highest BCUT2D eigenvalue weighted by Gasteiger charge is 2.24. The minimum Gasteiger partial charge on any atom is -0.360 e. The lowest BCUT2D eigenvalue weighted by molar-refractivity contribution is 0.390. The maximum Gasteiger partial charge on any atom is 0.245 e. The summed E-state index contributed by atoms with van der Waals surface area (Å²) in [6.07, 6.45) is 1.89. The summed E-state index contributed by atoms with van der Waals surface area (Å²) < 4.78 is 31.8. The fourth-order valence-corrected chi connectivity index (χ4v) is 3.85. The van der Waals surface area contributed by atoms with Crippen molar-refractivity contribution in [1.29, 1.82) is 0 Å². The number of alkyl halides is 1. The largest absolute Gasteiger partial charge is 0.360 e. The Labute approximate surface area is 116 Å². The molecule has 0 fully saturated rings. The third-order valence-electron chi connectivity index (χ3n) is 2.89. The van der Waals surface area contributed by atoms with E-state index in [2.05, 4.69) is 32.7 Å². The molecule has 0 amide bonds. The SMILES string of the molecule is CCC(CCBr)CNS(=O)(=O)c1c(C)noc1C. The number of sulfonamides is 1. The number of hydrogen-bond donors (Lipinski definition) is 1. The van der Waals surface area contributed by atoms with E-state index in [0.29, 0.717) is 23.9 Å². The van der Waals surface area contributed by atoms with Crippen molar-refractivity contribution in [1.82, 2.24) is 9.88 Å². The number of hydrogen-bond acceptors (Lipinski definition) is 4. The van der Waals surface area contributed by atoms with Crippen LogP contribution < -0.4 is 4.72 Å². The monoisotopic (exact) mass is 338 g/mol. The Morgan fingerprint density at radius 3 is 2.56 bits per heavy atom. The number of halogens is 1. The van der Waals surface area contributed by atoms with Crippen LogP contribution in [0.5, 0.6) is 0 Å². The van der Waals surface area contributed by atoms with Gasteiger partial charge in [0, 0.05) is 11.9 Å². The van der Waals surface area contributed by atoms with Gasteiger partial charge in [0.15, 0.2) is 5.76 Å². The zero-order valence-corrected chi connectivity index (χ0v) is 13.3. The van der Waals surface area contributed by atoms with Gasteiger partial charge < -0.3 is 4.52 Å². The molecule has 1 unspecified atom stereocenters. The first kappa shape index (κ1) is 15.7. The molecule has 1 aromatic rings. The van der Waals surface area contributed by atoms with E-state index in [4.69, 9.17) is 4.52 Å². The first-order chi connectivity index (χ1) is 8.42. The first-order valence-corrected chi connectivity index (χ1v) is 8.51. The summed E-state index contributed by atoms with van der Waals surface area (Å²) in [6.45, 7) is 5.72. The molecule has 0 saturated heterocycles. The molecule has 1 atom stereocenters. The standard InChI is InChI=1S/C11H19BrN2O3S/c1-4-10(5-6-12)7-13-18(15,16)11-8(2)14-17-9(11)3/h10,13H,4-7H2,1-3H3. The maximum absolute atomic E-state index is 12.1. The van der Waals surface area contributed by atoms with E-state index in [1.165, 1.54) is 0 Å². The molecule has 0 aromatic carbocycles. The molecule has 1 N–H and O–H groups in total. The van der Waals surface area contributed by atoms with E-state index in [1.54, 1.807) is 13.8 Å². The fourth-order valence-electron chi connectivity index (χ4n) is 1.76. The second-order valence-electron chi connectivity index (χ2n) is 4.26. The highest BCUT2D eigenvalue weighted by atomic mass is 79.9. The lowest BCUT2D eigenvalue weighted by Gasteiger charge is -2.14. The summed E-state index contributed by atoms with van der Waals surface area (Å²) in [5, 5.41) is 4.54. The molecule has 0 aliphatic heterocycles. The lowest BCUT2D eigenvalue weighted by Crippen LogP contribution is -2.30. The van der Waals surface area contributed by atoms with Crippen molar-refractivity contribution in [3.63, 3.8) is 0 Å². The van der Waals surface area contributed by atoms with E-state index < -0.39 is 10.0 Å². The van der Waals surface area contributed by atoms with Crippen LogP contribution in [0.25, 0.3) is 0 Å². The first-order valence-electron chi connectivity index (χ1n) is 5.90. The van der Waals surface area contributed by atoms with Crippen LogP contribution in [-0.4, -0.2) is 25.4 Å². The van der Waals surface area contributed by atoms with E-state index in [1.807, 2.05) is 0 Å². The number of rotatable bonds is 7. The number of nitrogens with zero attached hydrogens (tertiary/aromatic N) is 1. The van der Waals surface area contributed by atoms with E-state index in [9.17, 15) is 8.42 Å². The molecule has 1 aromatic heterocycles. The Kier molecular flexibility index (Phi) is 5.81. The molecule has 104 valence electrons. The van der Waals surface area contributed by atoms with Crippen molar-refractivity contribution < 1.29 is 12.9 Å². The smallest absolute Gasteiger partial charge is 0.245 e. The quantitative estimate of drug-likeness (QED) is 0.774. The summed E-state index contributed by atoms with van der Waals surface area (Å²) in [5.74, 6) is 0.660. The number of nitrogens with one attached hydrogen (secondary N) is 1. The normalized spacial score (nSPS) is 13.8. The highest BCUT2D eigenvalue weighted by molar-refractivity contribution is 9.09. The van der Waals surface area contributed by atoms with Crippen LogP contribution in [0.3, 0.4) is 0 Å². The molecule has 1 rings (SSSR count). The van der Waals surface area contributed by atoms with Crippen molar-refractivity contribution >= 4 is 26.0 Å². The van der Waals surface area contributed by atoms with Gasteiger partial charge in [0.05, 0.1) is 0 Å². The summed E-state index contributed by atoms with van der Waals surface area (Å²) in [6, 6.07) is 0. The minimum absolute atomic E-state index is 0.163. The van der Waals surface area contributed by atoms with Gasteiger partial charge >= 0.3 is 0 Å². The van der Waals surface area contributed by atoms with E-state index >= 15 is 0 Å². The molecule has 0 spiro atoms. The van der Waals surface area contributed by atoms with Gasteiger partial charge in [-0.1, -0.05) is 34.4 Å². The maximum atomic E-state index is 12.1. The van der Waals surface area contributed by atoms with Crippen LogP contribution >= 0.6 is 15.9 Å². The summed E-state index contributed by atoms with van der Waals surface area (Å²) in [4.78, 5) is 0.163. The van der Waals surface area contributed by atoms with Crippen LogP contribution in [0.2, 0.25) is 0 Å². The third kappa shape index (κ3) is 3.80. The van der Waals surface area contributed by atoms with Crippen molar-refractivity contribution in [2.75, 3.05) is 11.9 Å². The van der Waals surface area contributed by atoms with Gasteiger partial charge in [0.2, 0.25) is 10.0 Å². The molecule has 0 aliphatic carbocycles. The van der Waals surface area contributed by atoms with Crippen LogP contribution in [-0.2, 0) is 10.0 Å². The Bertz CT molecular complexity index is 465. The second kappa shape index (κ2) is 6.68. The Hall–Kier alpha value is -0.400. The molecular formula is C11H19BrN2O3S. The van der Waals surface area contributed by atoms with Crippen LogP contribution in [0.15, 0.2) is 9.42 Å². The van der Waals surface area contributed by atoms with Crippen LogP contribution in [0, 0.1) is 19.8 Å². The van der Waals surface area contributed by atoms with Gasteiger partial charge in [0.1, 0.15) is 10.6 Å². The zero-order chi connectivity index (χ0) is 13.8. The molecule has 5 nitrogen and oxygen atoms in total. The predicted molar refractivity (Wildman–Crippen MR) is 73.4 cm³/mol. The molecule has 0 radical (unpaired) electrons. The van der Waals surface area contributed by atoms with Crippen molar-refractivity contribution in [3.05, 3.63) is 11.5 Å². The Balaban J connectivity index is 2.77. The molecule has 7 heteroatoms. The number of aryl methyl sites for hydroxylation is 2. The van der Waals surface area contributed by atoms with Gasteiger partial charge in [-0.2, -0.15) is 0 Å². The molecule has 0 aliphatic rings. The lowest BCUT2D eigenvalue weighted by atomic mass is 10.0. The van der Waals surface area contributed by atoms with Crippen LogP contribution in [0.1, 0.15) is 31.2 Å². The van der Waals surface area contributed by atoms with Crippen molar-refractivity contribution in [3.8, 4) is 0 Å². The third-order valence-corrected chi connectivity index (χ3v) is 5.02. The van der Waals surface area contributed by atoms with Gasteiger partial charge in [-0.05, 0) is 26.2 Å². The molecule has 1 heterocycles. The van der Waals surface area contributed by atoms with Gasteiger partial charge in [-0.3, -0.25) is 0 Å². The van der Waals surface area contributed by atoms with Gasteiger partial charge in [0.25, 0.3) is 0 Å². The highest BCUT2D eigenvalue weighted by Crippen LogP contribution is 2.19. The topological polar surface area (TPSA) is 72.2 Å². The predicted octanol–water partition coefficient (Wildman–Crippen LogP) is 2.38. The van der Waals surface area contributed by atoms with E-state index in [0.717, 1.165) is 18.2 Å². The zero-order valence-electron chi connectivity index (χ0n) is 10.9. The molecule has 0 saturated carbocycles. The minimum atomic E-state index is -3.52. The number of aromatic nitrogens is 1. The molecule has 18 heavy (non-hydrogen) atoms. The summed E-state index contributed by atoms with van der Waals surface area (Å²) in [5.41, 5.74) is 0.397. The van der Waals surface area contributed by atoms with Gasteiger partial charge in [-0.25, -0.2) is 13.1 Å². The summed E-state index contributed by atoms with van der Waals surface area (Å²) in [7, 11) is -3.52. The summed E-state index contributed by atoms with van der Waals surface area (Å²) >= 11 is 3.37. The van der Waals surface area contributed by atoms with Gasteiger partial charge in [-0.15, -0.1) is 0 Å². The van der Waals surface area contributed by atoms with Crippen LogP contribution in [0.4, 0.5) is 0 Å². The molecular weight excluding hydrogens is 320 g/mol. The van der Waals surface area contributed by atoms with E-state index in [-0.39, 0.29) is 4.90 Å². The average molecular weight is 339 g/mol. The van der Waals surface area contributed by atoms with Crippen molar-refractivity contribution in [2.24, 2.45) is 5.92 Å². The Morgan fingerprint density at radius 2 is 2.11 bits per heavy atom. The van der Waals surface area contributed by atoms with Crippen molar-refractivity contribution in [2.45, 2.75) is 38.5 Å². The fraction of sp³-hybridized carbons (Fsp3) is 0.727.